The minimum Gasteiger partial charge on any atom is -0.485 e. The summed E-state index contributed by atoms with van der Waals surface area (Å²) in [7, 11) is 1.62. The van der Waals surface area contributed by atoms with Gasteiger partial charge in [0.1, 0.15) is 11.9 Å². The van der Waals surface area contributed by atoms with Crippen molar-refractivity contribution in [2.75, 3.05) is 37.4 Å². The van der Waals surface area contributed by atoms with E-state index in [1.807, 2.05) is 6.92 Å². The lowest BCUT2D eigenvalue weighted by Gasteiger charge is -2.38. The maximum atomic E-state index is 13.5. The molecule has 10 heteroatoms. The SMILES string of the molecule is C[C@H](CO)N1C[C@H](C)[C@@H](CN(C)C(=O)Nc2ccc(F)cc2)Oc2c(NC(=O)C3CC3)cccc2C1=O. The standard InChI is InChI=1S/C27H33FN4O5/c1-16-13-32(17(2)15-33)26(35)21-5-4-6-22(30-25(34)18-7-8-18)24(21)37-23(16)14-31(3)27(36)29-20-11-9-19(28)10-12-20/h4-6,9-12,16-18,23,33H,7-8,13-15H2,1-3H3,(H,29,36)(H,30,34)/t16-,17+,23+/m0/s1. The molecule has 0 bridgehead atoms. The molecule has 3 atom stereocenters. The van der Waals surface area contributed by atoms with Gasteiger partial charge in [0.25, 0.3) is 5.91 Å². The van der Waals surface area contributed by atoms with Crippen molar-refractivity contribution < 1.29 is 28.6 Å². The normalized spacial score (nSPS) is 20.1. The number of urea groups is 1. The van der Waals surface area contributed by atoms with Gasteiger partial charge in [-0.15, -0.1) is 0 Å². The van der Waals surface area contributed by atoms with Gasteiger partial charge < -0.3 is 30.3 Å². The molecule has 1 heterocycles. The molecule has 0 saturated heterocycles. The molecule has 37 heavy (non-hydrogen) atoms. The Hall–Kier alpha value is -3.66. The van der Waals surface area contributed by atoms with Crippen LogP contribution in [0.1, 0.15) is 37.0 Å². The van der Waals surface area contributed by atoms with Crippen LogP contribution in [0.25, 0.3) is 0 Å². The summed E-state index contributed by atoms with van der Waals surface area (Å²) >= 11 is 0. The Kier molecular flexibility index (Phi) is 7.97. The van der Waals surface area contributed by atoms with E-state index in [-0.39, 0.29) is 48.1 Å². The lowest BCUT2D eigenvalue weighted by Crippen LogP contribution is -2.50. The largest absolute Gasteiger partial charge is 0.485 e. The van der Waals surface area contributed by atoms with Crippen LogP contribution in [0.4, 0.5) is 20.6 Å². The summed E-state index contributed by atoms with van der Waals surface area (Å²) in [4.78, 5) is 42.0. The summed E-state index contributed by atoms with van der Waals surface area (Å²) in [6.45, 7) is 3.95. The first-order chi connectivity index (χ1) is 17.7. The molecule has 9 nitrogen and oxygen atoms in total. The number of likely N-dealkylation sites (N-methyl/N-ethyl adjacent to an activating group) is 1. The number of hydrogen-bond acceptors (Lipinski definition) is 5. The van der Waals surface area contributed by atoms with Crippen LogP contribution in [0.5, 0.6) is 5.75 Å². The van der Waals surface area contributed by atoms with E-state index in [0.717, 1.165) is 12.8 Å². The molecule has 198 valence electrons. The van der Waals surface area contributed by atoms with Gasteiger partial charge in [-0.05, 0) is 56.2 Å². The smallest absolute Gasteiger partial charge is 0.321 e. The fourth-order valence-electron chi connectivity index (χ4n) is 4.24. The first kappa shape index (κ1) is 26.4. The number of carbonyl (C=O) groups is 3. The molecule has 1 saturated carbocycles. The summed E-state index contributed by atoms with van der Waals surface area (Å²) in [6.07, 6.45) is 1.12. The number of aliphatic hydroxyl groups excluding tert-OH is 1. The third-order valence-corrected chi connectivity index (χ3v) is 6.79. The van der Waals surface area contributed by atoms with Gasteiger partial charge in [0.05, 0.1) is 30.4 Å². The lowest BCUT2D eigenvalue weighted by molar-refractivity contribution is -0.117. The second-order valence-corrected chi connectivity index (χ2v) is 9.89. The second-order valence-electron chi connectivity index (χ2n) is 9.89. The molecule has 2 aromatic rings. The number of nitrogens with zero attached hydrogens (tertiary/aromatic N) is 2. The Labute approximate surface area is 215 Å². The molecular formula is C27H33FN4O5. The van der Waals surface area contributed by atoms with Gasteiger partial charge in [0.15, 0.2) is 5.75 Å². The Morgan fingerprint density at radius 3 is 2.54 bits per heavy atom. The third kappa shape index (κ3) is 6.19. The second kappa shape index (κ2) is 11.2. The van der Waals surface area contributed by atoms with E-state index in [1.165, 1.54) is 29.2 Å². The Balaban J connectivity index is 1.61. The molecule has 1 aliphatic heterocycles. The van der Waals surface area contributed by atoms with Crippen LogP contribution in [-0.2, 0) is 4.79 Å². The van der Waals surface area contributed by atoms with Crippen molar-refractivity contribution in [1.29, 1.82) is 0 Å². The molecular weight excluding hydrogens is 479 g/mol. The minimum absolute atomic E-state index is 0.0398. The molecule has 4 amide bonds. The molecule has 4 rings (SSSR count). The summed E-state index contributed by atoms with van der Waals surface area (Å²) in [6, 6.07) is 9.65. The van der Waals surface area contributed by atoms with Crippen LogP contribution in [0.2, 0.25) is 0 Å². The van der Waals surface area contributed by atoms with Crippen molar-refractivity contribution in [3.8, 4) is 5.75 Å². The molecule has 2 aromatic carbocycles. The van der Waals surface area contributed by atoms with Crippen molar-refractivity contribution in [3.05, 3.63) is 53.8 Å². The number of carbonyl (C=O) groups excluding carboxylic acids is 3. The molecule has 0 spiro atoms. The first-order valence-corrected chi connectivity index (χ1v) is 12.5. The van der Waals surface area contributed by atoms with Crippen molar-refractivity contribution in [3.63, 3.8) is 0 Å². The van der Waals surface area contributed by atoms with E-state index in [4.69, 9.17) is 4.74 Å². The van der Waals surface area contributed by atoms with Gasteiger partial charge >= 0.3 is 6.03 Å². The predicted octanol–water partition coefficient (Wildman–Crippen LogP) is 3.56. The highest BCUT2D eigenvalue weighted by Crippen LogP contribution is 2.37. The highest BCUT2D eigenvalue weighted by molar-refractivity contribution is 6.02. The van der Waals surface area contributed by atoms with Crippen LogP contribution in [0, 0.1) is 17.7 Å². The van der Waals surface area contributed by atoms with Crippen molar-refractivity contribution in [1.82, 2.24) is 9.80 Å². The number of para-hydroxylation sites is 1. The Morgan fingerprint density at radius 1 is 1.19 bits per heavy atom. The number of ether oxygens (including phenoxy) is 1. The van der Waals surface area contributed by atoms with Gasteiger partial charge in [-0.3, -0.25) is 9.59 Å². The van der Waals surface area contributed by atoms with Crippen LogP contribution < -0.4 is 15.4 Å². The fourth-order valence-corrected chi connectivity index (χ4v) is 4.24. The maximum absolute atomic E-state index is 13.5. The van der Waals surface area contributed by atoms with Crippen LogP contribution in [-0.4, -0.2) is 71.6 Å². The number of amides is 4. The zero-order valence-corrected chi connectivity index (χ0v) is 21.2. The van der Waals surface area contributed by atoms with Gasteiger partial charge in [0, 0.05) is 31.1 Å². The monoisotopic (exact) mass is 512 g/mol. The summed E-state index contributed by atoms with van der Waals surface area (Å²) in [5.41, 5.74) is 1.13. The molecule has 0 aromatic heterocycles. The van der Waals surface area contributed by atoms with Crippen molar-refractivity contribution in [2.24, 2.45) is 11.8 Å². The van der Waals surface area contributed by atoms with E-state index >= 15 is 0 Å². The first-order valence-electron chi connectivity index (χ1n) is 12.5. The quantitative estimate of drug-likeness (QED) is 0.525. The molecule has 0 unspecified atom stereocenters. The zero-order valence-electron chi connectivity index (χ0n) is 21.2. The highest BCUT2D eigenvalue weighted by atomic mass is 19.1. The van der Waals surface area contributed by atoms with E-state index < -0.39 is 24.0 Å². The van der Waals surface area contributed by atoms with Crippen molar-refractivity contribution >= 4 is 29.2 Å². The molecule has 2 aliphatic rings. The lowest BCUT2D eigenvalue weighted by atomic mass is 9.99. The highest BCUT2D eigenvalue weighted by Gasteiger charge is 2.36. The van der Waals surface area contributed by atoms with Gasteiger partial charge in [-0.1, -0.05) is 13.0 Å². The molecule has 1 fully saturated rings. The van der Waals surface area contributed by atoms with Gasteiger partial charge in [-0.25, -0.2) is 9.18 Å². The number of anilines is 2. The van der Waals surface area contributed by atoms with Crippen LogP contribution >= 0.6 is 0 Å². The minimum atomic E-state index is -0.539. The average molecular weight is 513 g/mol. The maximum Gasteiger partial charge on any atom is 0.321 e. The Morgan fingerprint density at radius 2 is 1.89 bits per heavy atom. The van der Waals surface area contributed by atoms with E-state index in [9.17, 15) is 23.9 Å². The van der Waals surface area contributed by atoms with E-state index in [1.54, 1.807) is 37.1 Å². The Bertz CT molecular complexity index is 1150. The molecule has 3 N–H and O–H groups in total. The summed E-state index contributed by atoms with van der Waals surface area (Å²) in [5.74, 6) is -0.830. The van der Waals surface area contributed by atoms with E-state index in [2.05, 4.69) is 10.6 Å². The zero-order chi connectivity index (χ0) is 26.7. The number of rotatable bonds is 7. The number of aliphatic hydroxyl groups is 1. The number of benzene rings is 2. The number of hydrogen-bond donors (Lipinski definition) is 3. The fraction of sp³-hybridized carbons (Fsp3) is 0.444. The summed E-state index contributed by atoms with van der Waals surface area (Å²) in [5, 5.41) is 15.4. The molecule has 1 aliphatic carbocycles. The van der Waals surface area contributed by atoms with E-state index in [0.29, 0.717) is 17.9 Å². The van der Waals surface area contributed by atoms with Crippen LogP contribution in [0.3, 0.4) is 0 Å². The number of nitrogens with one attached hydrogen (secondary N) is 2. The van der Waals surface area contributed by atoms with Crippen LogP contribution in [0.15, 0.2) is 42.5 Å². The number of fused-ring (bicyclic) bond motifs is 1. The predicted molar refractivity (Wildman–Crippen MR) is 137 cm³/mol. The molecule has 0 radical (unpaired) electrons. The topological polar surface area (TPSA) is 111 Å². The summed E-state index contributed by atoms with van der Waals surface area (Å²) < 4.78 is 19.6. The van der Waals surface area contributed by atoms with Gasteiger partial charge in [0.2, 0.25) is 5.91 Å². The van der Waals surface area contributed by atoms with Crippen molar-refractivity contribution in [2.45, 2.75) is 38.8 Å². The number of halogens is 1. The third-order valence-electron chi connectivity index (χ3n) is 6.79. The van der Waals surface area contributed by atoms with Gasteiger partial charge in [-0.2, -0.15) is 0 Å². The average Bonchev–Trinajstić information content (AvgIpc) is 3.73.